The highest BCUT2D eigenvalue weighted by Gasteiger charge is 2.22. The highest BCUT2D eigenvalue weighted by atomic mass is 35.5. The van der Waals surface area contributed by atoms with E-state index in [0.717, 1.165) is 16.9 Å². The third-order valence-electron chi connectivity index (χ3n) is 4.24. The van der Waals surface area contributed by atoms with E-state index in [9.17, 15) is 9.59 Å². The summed E-state index contributed by atoms with van der Waals surface area (Å²) in [6.07, 6.45) is 2.55. The third kappa shape index (κ3) is 6.60. The molecule has 6 heteroatoms. The quantitative estimate of drug-likeness (QED) is 0.686. The van der Waals surface area contributed by atoms with Crippen molar-refractivity contribution >= 4 is 35.2 Å². The zero-order valence-electron chi connectivity index (χ0n) is 15.8. The van der Waals surface area contributed by atoms with Crippen LogP contribution in [0.4, 0.5) is 0 Å². The molecule has 0 aliphatic heterocycles. The average molecular weight is 405 g/mol. The van der Waals surface area contributed by atoms with Gasteiger partial charge in [0.1, 0.15) is 6.04 Å². The minimum Gasteiger partial charge on any atom is -0.348 e. The second-order valence-electron chi connectivity index (χ2n) is 6.46. The lowest BCUT2D eigenvalue weighted by molar-refractivity contribution is -0.123. The van der Waals surface area contributed by atoms with E-state index in [1.807, 2.05) is 50.4 Å². The molecule has 2 N–H and O–H groups in total. The molecule has 0 spiro atoms. The summed E-state index contributed by atoms with van der Waals surface area (Å²) in [4.78, 5) is 25.3. The van der Waals surface area contributed by atoms with Gasteiger partial charge in [0.05, 0.1) is 6.04 Å². The van der Waals surface area contributed by atoms with E-state index in [2.05, 4.69) is 10.6 Å². The van der Waals surface area contributed by atoms with E-state index in [0.29, 0.717) is 17.0 Å². The lowest BCUT2D eigenvalue weighted by atomic mass is 10.1. The van der Waals surface area contributed by atoms with Crippen molar-refractivity contribution in [2.75, 3.05) is 12.0 Å². The number of nitrogens with one attached hydrogen (secondary N) is 2. The van der Waals surface area contributed by atoms with Crippen molar-refractivity contribution in [2.45, 2.75) is 32.4 Å². The predicted octanol–water partition coefficient (Wildman–Crippen LogP) is 4.38. The van der Waals surface area contributed by atoms with Gasteiger partial charge in [-0.25, -0.2) is 0 Å². The molecule has 2 amide bonds. The number of thioether (sulfide) groups is 1. The fraction of sp³-hybridized carbons (Fsp3) is 0.333. The first-order valence-corrected chi connectivity index (χ1v) is 10.6. The molecule has 144 valence electrons. The number of carbonyl (C=O) groups excluding carboxylic acids is 2. The summed E-state index contributed by atoms with van der Waals surface area (Å²) in [6, 6.07) is 13.9. The number of carbonyl (C=O) groups is 2. The molecule has 0 aromatic heterocycles. The van der Waals surface area contributed by atoms with Crippen LogP contribution in [0.5, 0.6) is 0 Å². The summed E-state index contributed by atoms with van der Waals surface area (Å²) in [5.41, 5.74) is 2.52. The standard InChI is InChI=1S/C21H25ClN2O2S/c1-14-5-4-6-17(13-14)20(25)24-19(11-12-27-3)21(26)23-15(2)16-7-9-18(22)10-8-16/h4-10,13,15,19H,11-12H2,1-3H3,(H,23,26)(H,24,25). The van der Waals surface area contributed by atoms with Crippen LogP contribution in [-0.2, 0) is 4.79 Å². The van der Waals surface area contributed by atoms with Crippen molar-refractivity contribution in [3.63, 3.8) is 0 Å². The van der Waals surface area contributed by atoms with Crippen LogP contribution in [0.3, 0.4) is 0 Å². The van der Waals surface area contributed by atoms with E-state index >= 15 is 0 Å². The Morgan fingerprint density at radius 3 is 2.44 bits per heavy atom. The van der Waals surface area contributed by atoms with Crippen LogP contribution in [-0.4, -0.2) is 29.9 Å². The van der Waals surface area contributed by atoms with Crippen molar-refractivity contribution in [2.24, 2.45) is 0 Å². The van der Waals surface area contributed by atoms with Gasteiger partial charge in [-0.15, -0.1) is 0 Å². The van der Waals surface area contributed by atoms with Gasteiger partial charge in [-0.3, -0.25) is 9.59 Å². The first-order chi connectivity index (χ1) is 12.9. The number of hydrogen-bond acceptors (Lipinski definition) is 3. The smallest absolute Gasteiger partial charge is 0.251 e. The summed E-state index contributed by atoms with van der Waals surface area (Å²) in [7, 11) is 0. The molecule has 2 rings (SSSR count). The van der Waals surface area contributed by atoms with Crippen LogP contribution >= 0.6 is 23.4 Å². The molecule has 2 atom stereocenters. The first-order valence-electron chi connectivity index (χ1n) is 8.83. The maximum absolute atomic E-state index is 12.8. The maximum Gasteiger partial charge on any atom is 0.251 e. The topological polar surface area (TPSA) is 58.2 Å². The molecule has 0 fully saturated rings. The number of aryl methyl sites for hydroxylation is 1. The Hall–Kier alpha value is -1.98. The third-order valence-corrected chi connectivity index (χ3v) is 5.14. The molecule has 2 aromatic rings. The Bertz CT molecular complexity index is 780. The Morgan fingerprint density at radius 2 is 1.81 bits per heavy atom. The SMILES string of the molecule is CSCCC(NC(=O)c1cccc(C)c1)C(=O)NC(C)c1ccc(Cl)cc1. The van der Waals surface area contributed by atoms with Gasteiger partial charge in [-0.05, 0) is 62.1 Å². The van der Waals surface area contributed by atoms with Crippen LogP contribution in [0, 0.1) is 6.92 Å². The largest absolute Gasteiger partial charge is 0.348 e. The van der Waals surface area contributed by atoms with Gasteiger partial charge in [0.2, 0.25) is 5.91 Å². The molecule has 0 saturated heterocycles. The molecule has 0 heterocycles. The second kappa shape index (κ2) is 10.4. The number of halogens is 1. The van der Waals surface area contributed by atoms with E-state index in [1.165, 1.54) is 0 Å². The monoisotopic (exact) mass is 404 g/mol. The molecule has 0 saturated carbocycles. The maximum atomic E-state index is 12.8. The van der Waals surface area contributed by atoms with E-state index in [-0.39, 0.29) is 17.9 Å². The van der Waals surface area contributed by atoms with Gasteiger partial charge in [0.25, 0.3) is 5.91 Å². The van der Waals surface area contributed by atoms with Gasteiger partial charge < -0.3 is 10.6 Å². The molecule has 0 bridgehead atoms. The van der Waals surface area contributed by atoms with Crippen molar-refractivity contribution < 1.29 is 9.59 Å². The van der Waals surface area contributed by atoms with Gasteiger partial charge in [-0.1, -0.05) is 41.4 Å². The van der Waals surface area contributed by atoms with Crippen LogP contribution in [0.15, 0.2) is 48.5 Å². The lowest BCUT2D eigenvalue weighted by Gasteiger charge is -2.21. The van der Waals surface area contributed by atoms with Crippen LogP contribution < -0.4 is 10.6 Å². The number of hydrogen-bond donors (Lipinski definition) is 2. The molecule has 2 aromatic carbocycles. The predicted molar refractivity (Wildman–Crippen MR) is 113 cm³/mol. The Kier molecular flexibility index (Phi) is 8.20. The van der Waals surface area contributed by atoms with E-state index in [1.54, 1.807) is 30.0 Å². The molecular weight excluding hydrogens is 380 g/mol. The molecule has 4 nitrogen and oxygen atoms in total. The number of amides is 2. The van der Waals surface area contributed by atoms with Crippen molar-refractivity contribution in [3.05, 3.63) is 70.2 Å². The van der Waals surface area contributed by atoms with Crippen molar-refractivity contribution in [3.8, 4) is 0 Å². The fourth-order valence-electron chi connectivity index (χ4n) is 2.68. The molecule has 0 aliphatic carbocycles. The summed E-state index contributed by atoms with van der Waals surface area (Å²) < 4.78 is 0. The second-order valence-corrected chi connectivity index (χ2v) is 7.88. The van der Waals surface area contributed by atoms with E-state index < -0.39 is 6.04 Å². The molecular formula is C21H25ClN2O2S. The van der Waals surface area contributed by atoms with Gasteiger partial charge in [0, 0.05) is 10.6 Å². The Labute approximate surface area is 170 Å². The highest BCUT2D eigenvalue weighted by Crippen LogP contribution is 2.16. The van der Waals surface area contributed by atoms with E-state index in [4.69, 9.17) is 11.6 Å². The molecule has 0 radical (unpaired) electrons. The zero-order chi connectivity index (χ0) is 19.8. The Morgan fingerprint density at radius 1 is 1.11 bits per heavy atom. The summed E-state index contributed by atoms with van der Waals surface area (Å²) in [5.74, 6) is 0.355. The van der Waals surface area contributed by atoms with Crippen LogP contribution in [0.2, 0.25) is 5.02 Å². The minimum absolute atomic E-state index is 0.178. The highest BCUT2D eigenvalue weighted by molar-refractivity contribution is 7.98. The molecule has 27 heavy (non-hydrogen) atoms. The average Bonchev–Trinajstić information content (AvgIpc) is 2.65. The van der Waals surface area contributed by atoms with Crippen LogP contribution in [0.25, 0.3) is 0 Å². The molecule has 0 aliphatic rings. The molecule has 2 unspecified atom stereocenters. The van der Waals surface area contributed by atoms with Crippen molar-refractivity contribution in [1.29, 1.82) is 0 Å². The van der Waals surface area contributed by atoms with Crippen LogP contribution in [0.1, 0.15) is 40.9 Å². The Balaban J connectivity index is 2.06. The first kappa shape index (κ1) is 21.3. The van der Waals surface area contributed by atoms with Gasteiger partial charge in [0.15, 0.2) is 0 Å². The number of benzene rings is 2. The zero-order valence-corrected chi connectivity index (χ0v) is 17.4. The lowest BCUT2D eigenvalue weighted by Crippen LogP contribution is -2.47. The normalized spacial score (nSPS) is 12.9. The summed E-state index contributed by atoms with van der Waals surface area (Å²) >= 11 is 7.56. The minimum atomic E-state index is -0.583. The summed E-state index contributed by atoms with van der Waals surface area (Å²) in [6.45, 7) is 3.84. The van der Waals surface area contributed by atoms with Gasteiger partial charge in [-0.2, -0.15) is 11.8 Å². The van der Waals surface area contributed by atoms with Crippen molar-refractivity contribution in [1.82, 2.24) is 10.6 Å². The summed E-state index contributed by atoms with van der Waals surface area (Å²) in [5, 5.41) is 6.52. The number of rotatable bonds is 8. The fourth-order valence-corrected chi connectivity index (χ4v) is 3.28. The van der Waals surface area contributed by atoms with Gasteiger partial charge >= 0.3 is 0 Å².